The molecular weight excluding hydrogens is 376 g/mol. The molecule has 1 saturated heterocycles. The minimum absolute atomic E-state index is 0.0152. The zero-order chi connectivity index (χ0) is 20.1. The number of benzene rings is 2. The molecule has 2 aromatic rings. The third kappa shape index (κ3) is 4.36. The van der Waals surface area contributed by atoms with Crippen molar-refractivity contribution in [3.05, 3.63) is 47.5 Å². The standard InChI is InChI=1S/C21H26N2O4S/c1-3-27-19-9-7-8-17(21(19)24)15-22-18-11-10-16(2)20(14-18)28(25,26)23-12-5-4-6-13-23/h7-11,14-15,24H,3-6,12-13H2,1-2H3. The van der Waals surface area contributed by atoms with Crippen LogP contribution in [0, 0.1) is 6.92 Å². The van der Waals surface area contributed by atoms with Gasteiger partial charge in [0.2, 0.25) is 10.0 Å². The van der Waals surface area contributed by atoms with Gasteiger partial charge >= 0.3 is 0 Å². The quantitative estimate of drug-likeness (QED) is 0.740. The molecule has 2 aromatic carbocycles. The Hall–Kier alpha value is -2.38. The van der Waals surface area contributed by atoms with Gasteiger partial charge in [-0.25, -0.2) is 8.42 Å². The second kappa shape index (κ2) is 8.75. The van der Waals surface area contributed by atoms with Gasteiger partial charge in [-0.05, 0) is 56.5 Å². The molecule has 7 heteroatoms. The molecule has 3 rings (SSSR count). The van der Waals surface area contributed by atoms with E-state index in [-0.39, 0.29) is 10.6 Å². The van der Waals surface area contributed by atoms with Gasteiger partial charge in [-0.2, -0.15) is 4.31 Å². The van der Waals surface area contributed by atoms with Crippen molar-refractivity contribution in [3.63, 3.8) is 0 Å². The Bertz CT molecular complexity index is 964. The smallest absolute Gasteiger partial charge is 0.243 e. The van der Waals surface area contributed by atoms with Crippen molar-refractivity contribution in [2.24, 2.45) is 4.99 Å². The van der Waals surface area contributed by atoms with Crippen LogP contribution in [0.25, 0.3) is 0 Å². The zero-order valence-corrected chi connectivity index (χ0v) is 17.1. The summed E-state index contributed by atoms with van der Waals surface area (Å²) in [4.78, 5) is 4.66. The largest absolute Gasteiger partial charge is 0.504 e. The van der Waals surface area contributed by atoms with E-state index in [1.807, 2.05) is 6.92 Å². The number of rotatable bonds is 6. The first kappa shape index (κ1) is 20.4. The van der Waals surface area contributed by atoms with E-state index in [1.54, 1.807) is 47.6 Å². The lowest BCUT2D eigenvalue weighted by atomic mass is 10.2. The minimum atomic E-state index is -3.53. The molecule has 0 aromatic heterocycles. The maximum absolute atomic E-state index is 13.0. The molecule has 150 valence electrons. The molecule has 6 nitrogen and oxygen atoms in total. The molecule has 1 aliphatic rings. The third-order valence-electron chi connectivity index (χ3n) is 4.79. The number of hydrogen-bond donors (Lipinski definition) is 1. The first-order chi connectivity index (χ1) is 13.4. The third-order valence-corrected chi connectivity index (χ3v) is 6.83. The van der Waals surface area contributed by atoms with Gasteiger partial charge in [0.05, 0.1) is 17.2 Å². The van der Waals surface area contributed by atoms with E-state index in [0.717, 1.165) is 19.3 Å². The summed E-state index contributed by atoms with van der Waals surface area (Å²) in [5.41, 5.74) is 1.72. The second-order valence-electron chi connectivity index (χ2n) is 6.80. The van der Waals surface area contributed by atoms with Crippen LogP contribution in [0.5, 0.6) is 11.5 Å². The normalized spacial score (nSPS) is 15.8. The van der Waals surface area contributed by atoms with Gasteiger partial charge in [-0.1, -0.05) is 18.6 Å². The first-order valence-electron chi connectivity index (χ1n) is 9.53. The molecule has 0 radical (unpaired) electrons. The van der Waals surface area contributed by atoms with Gasteiger partial charge in [-0.3, -0.25) is 4.99 Å². The minimum Gasteiger partial charge on any atom is -0.504 e. The highest BCUT2D eigenvalue weighted by Gasteiger charge is 2.27. The lowest BCUT2D eigenvalue weighted by molar-refractivity contribution is 0.318. The van der Waals surface area contributed by atoms with Crippen molar-refractivity contribution in [1.29, 1.82) is 0 Å². The van der Waals surface area contributed by atoms with Crippen LogP contribution in [-0.4, -0.2) is 43.7 Å². The van der Waals surface area contributed by atoms with Gasteiger partial charge in [-0.15, -0.1) is 0 Å². The Kier molecular flexibility index (Phi) is 6.36. The topological polar surface area (TPSA) is 79.2 Å². The SMILES string of the molecule is CCOc1cccc(C=Nc2ccc(C)c(S(=O)(=O)N3CCCCC3)c2)c1O. The average molecular weight is 403 g/mol. The Morgan fingerprint density at radius 2 is 1.93 bits per heavy atom. The van der Waals surface area contributed by atoms with Gasteiger partial charge in [0.15, 0.2) is 11.5 Å². The highest BCUT2D eigenvalue weighted by molar-refractivity contribution is 7.89. The number of phenolic OH excluding ortho intramolecular Hbond substituents is 1. The molecule has 1 heterocycles. The molecule has 0 amide bonds. The van der Waals surface area contributed by atoms with E-state index in [2.05, 4.69) is 4.99 Å². The molecule has 1 aliphatic heterocycles. The Morgan fingerprint density at radius 1 is 1.18 bits per heavy atom. The summed E-state index contributed by atoms with van der Waals surface area (Å²) in [5, 5.41) is 10.3. The predicted molar refractivity (Wildman–Crippen MR) is 110 cm³/mol. The maximum Gasteiger partial charge on any atom is 0.243 e. The van der Waals surface area contributed by atoms with E-state index >= 15 is 0 Å². The summed E-state index contributed by atoms with van der Waals surface area (Å²) in [7, 11) is -3.53. The number of ether oxygens (including phenoxy) is 1. The molecule has 1 N–H and O–H groups in total. The molecule has 0 unspecified atom stereocenters. The van der Waals surface area contributed by atoms with Crippen LogP contribution in [0.15, 0.2) is 46.3 Å². The number of hydrogen-bond acceptors (Lipinski definition) is 5. The van der Waals surface area contributed by atoms with E-state index in [4.69, 9.17) is 4.74 Å². The van der Waals surface area contributed by atoms with E-state index in [1.165, 1.54) is 6.21 Å². The summed E-state index contributed by atoms with van der Waals surface area (Å²) in [6.07, 6.45) is 4.37. The van der Waals surface area contributed by atoms with E-state index in [9.17, 15) is 13.5 Å². The first-order valence-corrected chi connectivity index (χ1v) is 11.0. The number of para-hydroxylation sites is 1. The maximum atomic E-state index is 13.0. The van der Waals surface area contributed by atoms with Gasteiger partial charge in [0, 0.05) is 24.9 Å². The average Bonchev–Trinajstić information content (AvgIpc) is 2.70. The molecule has 0 atom stereocenters. The fourth-order valence-electron chi connectivity index (χ4n) is 3.25. The van der Waals surface area contributed by atoms with Crippen molar-refractivity contribution in [3.8, 4) is 11.5 Å². The predicted octanol–water partition coefficient (Wildman–Crippen LogP) is 4.02. The van der Waals surface area contributed by atoms with E-state index in [0.29, 0.717) is 42.3 Å². The summed E-state index contributed by atoms with van der Waals surface area (Å²) in [6.45, 7) is 5.21. The number of sulfonamides is 1. The molecule has 28 heavy (non-hydrogen) atoms. The summed E-state index contributed by atoms with van der Waals surface area (Å²) < 4.78 is 33.0. The second-order valence-corrected chi connectivity index (χ2v) is 8.71. The number of aliphatic imine (C=N–C) groups is 1. The van der Waals surface area contributed by atoms with Crippen LogP contribution in [0.3, 0.4) is 0 Å². The molecule has 0 spiro atoms. The zero-order valence-electron chi connectivity index (χ0n) is 16.3. The van der Waals surface area contributed by atoms with Gasteiger partial charge in [0.1, 0.15) is 0 Å². The molecule has 1 fully saturated rings. The van der Waals surface area contributed by atoms with Crippen molar-refractivity contribution >= 4 is 21.9 Å². The lowest BCUT2D eigenvalue weighted by Gasteiger charge is -2.26. The number of nitrogens with zero attached hydrogens (tertiary/aromatic N) is 2. The van der Waals surface area contributed by atoms with Crippen molar-refractivity contribution in [2.75, 3.05) is 19.7 Å². The molecule has 0 aliphatic carbocycles. The fraction of sp³-hybridized carbons (Fsp3) is 0.381. The highest BCUT2D eigenvalue weighted by atomic mass is 32.2. The van der Waals surface area contributed by atoms with Gasteiger partial charge in [0.25, 0.3) is 0 Å². The van der Waals surface area contributed by atoms with Crippen LogP contribution in [0.1, 0.15) is 37.3 Å². The molecule has 0 saturated carbocycles. The number of phenols is 1. The number of aromatic hydroxyl groups is 1. The van der Waals surface area contributed by atoms with Crippen LogP contribution >= 0.6 is 0 Å². The monoisotopic (exact) mass is 402 g/mol. The van der Waals surface area contributed by atoms with Crippen LogP contribution in [-0.2, 0) is 10.0 Å². The van der Waals surface area contributed by atoms with Crippen molar-refractivity contribution in [2.45, 2.75) is 38.0 Å². The summed E-state index contributed by atoms with van der Waals surface area (Å²) >= 11 is 0. The lowest BCUT2D eigenvalue weighted by Crippen LogP contribution is -2.35. The Morgan fingerprint density at radius 3 is 2.64 bits per heavy atom. The number of aryl methyl sites for hydroxylation is 1. The van der Waals surface area contributed by atoms with Crippen molar-refractivity contribution < 1.29 is 18.3 Å². The summed E-state index contributed by atoms with van der Waals surface area (Å²) in [6, 6.07) is 10.3. The molecular formula is C21H26N2O4S. The fourth-order valence-corrected chi connectivity index (χ4v) is 5.01. The van der Waals surface area contributed by atoms with Crippen molar-refractivity contribution in [1.82, 2.24) is 4.31 Å². The Balaban J connectivity index is 1.90. The van der Waals surface area contributed by atoms with Crippen LogP contribution in [0.2, 0.25) is 0 Å². The van der Waals surface area contributed by atoms with Gasteiger partial charge < -0.3 is 9.84 Å². The van der Waals surface area contributed by atoms with Crippen LogP contribution in [0.4, 0.5) is 5.69 Å². The van der Waals surface area contributed by atoms with Crippen LogP contribution < -0.4 is 4.74 Å². The summed E-state index contributed by atoms with van der Waals surface area (Å²) in [5.74, 6) is 0.407. The number of piperidine rings is 1. The highest BCUT2D eigenvalue weighted by Crippen LogP contribution is 2.30. The Labute approximate surface area is 166 Å². The van der Waals surface area contributed by atoms with E-state index < -0.39 is 10.0 Å². The molecule has 0 bridgehead atoms.